The summed E-state index contributed by atoms with van der Waals surface area (Å²) in [5.41, 5.74) is 4.36. The summed E-state index contributed by atoms with van der Waals surface area (Å²) in [7, 11) is 0. The highest BCUT2D eigenvalue weighted by Gasteiger charge is 2.33. The zero-order chi connectivity index (χ0) is 30.5. The van der Waals surface area contributed by atoms with E-state index in [1.807, 2.05) is 32.0 Å². The molecule has 0 spiro atoms. The molecule has 0 radical (unpaired) electrons. The fraction of sp³-hybridized carbons (Fsp3) is 0.588. The van der Waals surface area contributed by atoms with Gasteiger partial charge in [-0.1, -0.05) is 19.1 Å². The van der Waals surface area contributed by atoms with Crippen LogP contribution < -0.4 is 15.5 Å². The van der Waals surface area contributed by atoms with Crippen LogP contribution in [0.4, 0.5) is 10.1 Å². The number of anilines is 1. The highest BCUT2D eigenvalue weighted by Crippen LogP contribution is 2.35. The maximum absolute atomic E-state index is 15.8. The van der Waals surface area contributed by atoms with Crippen LogP contribution in [0.15, 0.2) is 30.3 Å². The van der Waals surface area contributed by atoms with Gasteiger partial charge < -0.3 is 25.0 Å². The minimum absolute atomic E-state index is 0.0198. The van der Waals surface area contributed by atoms with E-state index in [-0.39, 0.29) is 48.1 Å². The molecule has 43 heavy (non-hydrogen) atoms. The normalized spacial score (nSPS) is 23.6. The van der Waals surface area contributed by atoms with Gasteiger partial charge in [-0.15, -0.1) is 0 Å². The topological polar surface area (TPSA) is 83.1 Å². The summed E-state index contributed by atoms with van der Waals surface area (Å²) in [5, 5.41) is 6.06. The zero-order valence-electron chi connectivity index (χ0n) is 26.1. The SMILES string of the molecule is CCN(c1cc(-c2ccc(CN3CCOCC3)cc2F)cc(C(=O)NCC2C(=O)NC(C)CC2C)c1C)C1CCOCC1. The first-order chi connectivity index (χ1) is 20.7. The van der Waals surface area contributed by atoms with Crippen molar-refractivity contribution in [3.63, 3.8) is 0 Å². The number of hydrogen-bond acceptors (Lipinski definition) is 6. The molecule has 0 aliphatic carbocycles. The smallest absolute Gasteiger partial charge is 0.251 e. The number of morpholine rings is 1. The van der Waals surface area contributed by atoms with E-state index in [0.717, 1.165) is 55.7 Å². The third kappa shape index (κ3) is 7.39. The van der Waals surface area contributed by atoms with E-state index < -0.39 is 0 Å². The van der Waals surface area contributed by atoms with Crippen molar-refractivity contribution in [1.82, 2.24) is 15.5 Å². The van der Waals surface area contributed by atoms with E-state index in [0.29, 0.717) is 49.7 Å². The van der Waals surface area contributed by atoms with Gasteiger partial charge in [0.15, 0.2) is 0 Å². The first-order valence-electron chi connectivity index (χ1n) is 15.9. The van der Waals surface area contributed by atoms with Crippen LogP contribution in [-0.4, -0.2) is 81.4 Å². The minimum atomic E-state index is -0.303. The number of ether oxygens (including phenoxy) is 2. The minimum Gasteiger partial charge on any atom is -0.381 e. The molecule has 3 aliphatic rings. The molecule has 0 bridgehead atoms. The van der Waals surface area contributed by atoms with Gasteiger partial charge in [-0.25, -0.2) is 4.39 Å². The summed E-state index contributed by atoms with van der Waals surface area (Å²) >= 11 is 0. The third-order valence-corrected chi connectivity index (χ3v) is 9.38. The molecule has 3 heterocycles. The molecule has 2 aromatic carbocycles. The standard InChI is InChI=1S/C34H47FN4O4/c1-5-39(27-8-12-42-13-9-27)32-19-26(28-7-6-25(17-31(28)35)21-38-10-14-43-15-11-38)18-29(24(32)4)33(40)36-20-30-22(2)16-23(3)37-34(30)41/h6-7,17-19,22-23,27,30H,5,8-16,20-21H2,1-4H3,(H,36,40)(H,37,41). The molecule has 8 nitrogen and oxygen atoms in total. The molecule has 3 aliphatic heterocycles. The summed E-state index contributed by atoms with van der Waals surface area (Å²) in [6, 6.07) is 9.68. The summed E-state index contributed by atoms with van der Waals surface area (Å²) in [6.07, 6.45) is 2.68. The Morgan fingerprint density at radius 2 is 1.81 bits per heavy atom. The van der Waals surface area contributed by atoms with E-state index >= 15 is 4.39 Å². The van der Waals surface area contributed by atoms with Crippen molar-refractivity contribution < 1.29 is 23.5 Å². The molecule has 2 amide bonds. The number of amides is 2. The molecule has 5 rings (SSSR count). The quantitative estimate of drug-likeness (QED) is 0.444. The lowest BCUT2D eigenvalue weighted by Crippen LogP contribution is -2.50. The van der Waals surface area contributed by atoms with Crippen molar-refractivity contribution in [2.45, 2.75) is 65.6 Å². The molecule has 3 saturated heterocycles. The molecule has 234 valence electrons. The highest BCUT2D eigenvalue weighted by atomic mass is 19.1. The van der Waals surface area contributed by atoms with Crippen molar-refractivity contribution in [3.05, 3.63) is 52.8 Å². The second-order valence-corrected chi connectivity index (χ2v) is 12.4. The van der Waals surface area contributed by atoms with Gasteiger partial charge in [-0.3, -0.25) is 14.5 Å². The van der Waals surface area contributed by atoms with Crippen LogP contribution in [-0.2, 0) is 20.8 Å². The van der Waals surface area contributed by atoms with Crippen LogP contribution >= 0.6 is 0 Å². The number of nitrogens with one attached hydrogen (secondary N) is 2. The van der Waals surface area contributed by atoms with Gasteiger partial charge in [0.1, 0.15) is 5.82 Å². The Bertz CT molecular complexity index is 1290. The fourth-order valence-corrected chi connectivity index (χ4v) is 6.90. The predicted octanol–water partition coefficient (Wildman–Crippen LogP) is 4.53. The average Bonchev–Trinajstić information content (AvgIpc) is 2.99. The van der Waals surface area contributed by atoms with Crippen LogP contribution in [0, 0.1) is 24.6 Å². The lowest BCUT2D eigenvalue weighted by Gasteiger charge is -2.37. The van der Waals surface area contributed by atoms with Crippen molar-refractivity contribution in [1.29, 1.82) is 0 Å². The van der Waals surface area contributed by atoms with Crippen LogP contribution in [0.5, 0.6) is 0 Å². The Morgan fingerprint density at radius 3 is 2.49 bits per heavy atom. The van der Waals surface area contributed by atoms with E-state index in [1.54, 1.807) is 12.1 Å². The number of rotatable bonds is 9. The van der Waals surface area contributed by atoms with E-state index in [9.17, 15) is 9.59 Å². The van der Waals surface area contributed by atoms with E-state index in [4.69, 9.17) is 9.47 Å². The number of piperidine rings is 1. The van der Waals surface area contributed by atoms with Gasteiger partial charge in [-0.2, -0.15) is 0 Å². The maximum atomic E-state index is 15.8. The Hall–Kier alpha value is -3.01. The molecule has 9 heteroatoms. The van der Waals surface area contributed by atoms with Gasteiger partial charge in [0.05, 0.1) is 19.1 Å². The van der Waals surface area contributed by atoms with E-state index in [1.165, 1.54) is 0 Å². The van der Waals surface area contributed by atoms with Gasteiger partial charge in [-0.05, 0) is 80.8 Å². The first-order valence-corrected chi connectivity index (χ1v) is 15.9. The number of carbonyl (C=O) groups excluding carboxylic acids is 2. The molecule has 0 saturated carbocycles. The number of nitrogens with zero attached hydrogens (tertiary/aromatic N) is 2. The predicted molar refractivity (Wildman–Crippen MR) is 167 cm³/mol. The van der Waals surface area contributed by atoms with Crippen molar-refractivity contribution in [2.24, 2.45) is 11.8 Å². The Morgan fingerprint density at radius 1 is 1.09 bits per heavy atom. The maximum Gasteiger partial charge on any atom is 0.251 e. The molecule has 3 unspecified atom stereocenters. The van der Waals surface area contributed by atoms with Crippen molar-refractivity contribution in [3.8, 4) is 11.1 Å². The molecular formula is C34H47FN4O4. The molecule has 3 fully saturated rings. The lowest BCUT2D eigenvalue weighted by molar-refractivity contribution is -0.129. The molecule has 2 aromatic rings. The Kier molecular flexibility index (Phi) is 10.4. The van der Waals surface area contributed by atoms with Crippen LogP contribution in [0.3, 0.4) is 0 Å². The van der Waals surface area contributed by atoms with Gasteiger partial charge >= 0.3 is 0 Å². The summed E-state index contributed by atoms with van der Waals surface area (Å²) < 4.78 is 26.9. The Labute approximate surface area is 255 Å². The number of carbonyl (C=O) groups is 2. The lowest BCUT2D eigenvalue weighted by atomic mass is 9.84. The summed E-state index contributed by atoms with van der Waals surface area (Å²) in [5.74, 6) is -0.682. The van der Waals surface area contributed by atoms with Gasteiger partial charge in [0, 0.05) is 74.8 Å². The molecule has 3 atom stereocenters. The molecule has 0 aromatic heterocycles. The van der Waals surface area contributed by atoms with Crippen molar-refractivity contribution >= 4 is 17.5 Å². The zero-order valence-corrected chi connectivity index (χ0v) is 26.1. The van der Waals surface area contributed by atoms with Gasteiger partial charge in [0.2, 0.25) is 5.91 Å². The Balaban J connectivity index is 1.46. The van der Waals surface area contributed by atoms with Crippen LogP contribution in [0.25, 0.3) is 11.1 Å². The second-order valence-electron chi connectivity index (χ2n) is 12.4. The van der Waals surface area contributed by atoms with Crippen molar-refractivity contribution in [2.75, 3.05) is 57.5 Å². The first kappa shape index (κ1) is 31.4. The second kappa shape index (κ2) is 14.2. The summed E-state index contributed by atoms with van der Waals surface area (Å²) in [4.78, 5) is 31.1. The third-order valence-electron chi connectivity index (χ3n) is 9.38. The fourth-order valence-electron chi connectivity index (χ4n) is 6.90. The molecular weight excluding hydrogens is 547 g/mol. The van der Waals surface area contributed by atoms with Gasteiger partial charge in [0.25, 0.3) is 5.91 Å². The summed E-state index contributed by atoms with van der Waals surface area (Å²) in [6.45, 7) is 14.3. The highest BCUT2D eigenvalue weighted by molar-refractivity contribution is 5.99. The van der Waals surface area contributed by atoms with Crippen LogP contribution in [0.1, 0.15) is 61.5 Å². The number of benzene rings is 2. The average molecular weight is 595 g/mol. The number of hydrogen-bond donors (Lipinski definition) is 2. The largest absolute Gasteiger partial charge is 0.381 e. The number of halogens is 1. The molecule has 2 N–H and O–H groups in total. The van der Waals surface area contributed by atoms with Crippen LogP contribution in [0.2, 0.25) is 0 Å². The van der Waals surface area contributed by atoms with E-state index in [2.05, 4.69) is 34.3 Å². The monoisotopic (exact) mass is 594 g/mol.